The number of nitrogens with one attached hydrogen (secondary N) is 2. The van der Waals surface area contributed by atoms with Gasteiger partial charge < -0.3 is 15.4 Å². The van der Waals surface area contributed by atoms with E-state index in [1.54, 1.807) is 25.3 Å². The van der Waals surface area contributed by atoms with Crippen LogP contribution in [0.4, 0.5) is 0 Å². The van der Waals surface area contributed by atoms with E-state index in [1.165, 1.54) is 0 Å². The quantitative estimate of drug-likeness (QED) is 0.864. The second kappa shape index (κ2) is 7.13. The lowest BCUT2D eigenvalue weighted by molar-refractivity contribution is -0.120. The highest BCUT2D eigenvalue weighted by Gasteiger charge is 2.10. The zero-order valence-electron chi connectivity index (χ0n) is 11.1. The van der Waals surface area contributed by atoms with Gasteiger partial charge in [0, 0.05) is 11.6 Å². The van der Waals surface area contributed by atoms with Crippen LogP contribution >= 0.6 is 15.9 Å². The van der Waals surface area contributed by atoms with E-state index in [2.05, 4.69) is 26.6 Å². The van der Waals surface area contributed by atoms with Gasteiger partial charge in [0.2, 0.25) is 5.91 Å². The van der Waals surface area contributed by atoms with Crippen molar-refractivity contribution in [2.75, 3.05) is 13.7 Å². The Morgan fingerprint density at radius 3 is 2.58 bits per heavy atom. The van der Waals surface area contributed by atoms with Gasteiger partial charge in [-0.25, -0.2) is 0 Å². The van der Waals surface area contributed by atoms with Gasteiger partial charge in [-0.05, 0) is 48.0 Å². The van der Waals surface area contributed by atoms with Crippen molar-refractivity contribution in [2.45, 2.75) is 19.9 Å². The molecule has 0 radical (unpaired) electrons. The highest BCUT2D eigenvalue weighted by Crippen LogP contribution is 2.25. The first-order valence-corrected chi connectivity index (χ1v) is 6.64. The van der Waals surface area contributed by atoms with Crippen molar-refractivity contribution in [3.05, 3.63) is 28.2 Å². The maximum absolute atomic E-state index is 11.8. The van der Waals surface area contributed by atoms with Crippen LogP contribution in [0.2, 0.25) is 0 Å². The van der Waals surface area contributed by atoms with Crippen LogP contribution < -0.4 is 15.4 Å². The summed E-state index contributed by atoms with van der Waals surface area (Å²) >= 11 is 3.30. The number of hydrogen-bond acceptors (Lipinski definition) is 3. The maximum atomic E-state index is 11.8. The van der Waals surface area contributed by atoms with Gasteiger partial charge >= 0.3 is 0 Å². The Kier molecular flexibility index (Phi) is 5.82. The van der Waals surface area contributed by atoms with E-state index in [0.29, 0.717) is 15.8 Å². The van der Waals surface area contributed by atoms with Crippen molar-refractivity contribution in [3.63, 3.8) is 0 Å². The van der Waals surface area contributed by atoms with Crippen molar-refractivity contribution < 1.29 is 14.3 Å². The van der Waals surface area contributed by atoms with Gasteiger partial charge in [0.25, 0.3) is 5.91 Å². The topological polar surface area (TPSA) is 67.4 Å². The molecule has 2 amide bonds. The molecule has 0 bridgehead atoms. The standard InChI is InChI=1S/C13H17BrN2O3/c1-8(2)16-12(17)7-15-13(18)9-4-5-11(19-3)10(14)6-9/h4-6,8H,7H2,1-3H3,(H,15,18)(H,16,17). The second-order valence-electron chi connectivity index (χ2n) is 4.25. The van der Waals surface area contributed by atoms with E-state index in [-0.39, 0.29) is 24.4 Å². The molecule has 0 aliphatic rings. The molecule has 0 unspecified atom stereocenters. The third kappa shape index (κ3) is 4.90. The van der Waals surface area contributed by atoms with Gasteiger partial charge in [-0.15, -0.1) is 0 Å². The first-order valence-electron chi connectivity index (χ1n) is 5.85. The fourth-order valence-corrected chi connectivity index (χ4v) is 1.98. The Balaban J connectivity index is 2.59. The molecule has 1 aromatic carbocycles. The van der Waals surface area contributed by atoms with Gasteiger partial charge in [0.05, 0.1) is 18.1 Å². The van der Waals surface area contributed by atoms with Crippen LogP contribution in [0.25, 0.3) is 0 Å². The smallest absolute Gasteiger partial charge is 0.251 e. The minimum atomic E-state index is -0.303. The predicted octanol–water partition coefficient (Wildman–Crippen LogP) is 1.71. The molecule has 2 N–H and O–H groups in total. The number of carbonyl (C=O) groups excluding carboxylic acids is 2. The summed E-state index contributed by atoms with van der Waals surface area (Å²) in [6.07, 6.45) is 0. The van der Waals surface area contributed by atoms with E-state index in [0.717, 1.165) is 0 Å². The molecule has 104 valence electrons. The molecular formula is C13H17BrN2O3. The summed E-state index contributed by atoms with van der Waals surface area (Å²) in [4.78, 5) is 23.2. The molecule has 6 heteroatoms. The number of rotatable bonds is 5. The first-order chi connectivity index (χ1) is 8.93. The predicted molar refractivity (Wildman–Crippen MR) is 76.3 cm³/mol. The van der Waals surface area contributed by atoms with Crippen LogP contribution in [0.15, 0.2) is 22.7 Å². The van der Waals surface area contributed by atoms with Crippen LogP contribution in [0, 0.1) is 0 Å². The van der Waals surface area contributed by atoms with E-state index in [4.69, 9.17) is 4.74 Å². The number of amides is 2. The van der Waals surface area contributed by atoms with E-state index in [1.807, 2.05) is 13.8 Å². The zero-order chi connectivity index (χ0) is 14.4. The molecule has 0 saturated heterocycles. The summed E-state index contributed by atoms with van der Waals surface area (Å²) in [5.74, 6) is 0.132. The molecule has 0 saturated carbocycles. The maximum Gasteiger partial charge on any atom is 0.251 e. The lowest BCUT2D eigenvalue weighted by Crippen LogP contribution is -2.39. The van der Waals surface area contributed by atoms with Crippen LogP contribution in [-0.4, -0.2) is 31.5 Å². The molecule has 0 fully saturated rings. The monoisotopic (exact) mass is 328 g/mol. The van der Waals surface area contributed by atoms with Gasteiger partial charge in [0.15, 0.2) is 0 Å². The Hall–Kier alpha value is -1.56. The summed E-state index contributed by atoms with van der Waals surface area (Å²) in [6, 6.07) is 5.03. The molecule has 0 aliphatic heterocycles. The van der Waals surface area contributed by atoms with E-state index in [9.17, 15) is 9.59 Å². The van der Waals surface area contributed by atoms with Gasteiger partial charge in [-0.2, -0.15) is 0 Å². The Bertz CT molecular complexity index is 475. The lowest BCUT2D eigenvalue weighted by Gasteiger charge is -2.10. The highest BCUT2D eigenvalue weighted by molar-refractivity contribution is 9.10. The fourth-order valence-electron chi connectivity index (χ4n) is 1.44. The Morgan fingerprint density at radius 1 is 1.37 bits per heavy atom. The lowest BCUT2D eigenvalue weighted by atomic mass is 10.2. The summed E-state index contributed by atoms with van der Waals surface area (Å²) in [7, 11) is 1.55. The van der Waals surface area contributed by atoms with Gasteiger partial charge in [-0.1, -0.05) is 0 Å². The third-order valence-corrected chi connectivity index (χ3v) is 2.89. The van der Waals surface area contributed by atoms with Crippen molar-refractivity contribution >= 4 is 27.7 Å². The number of hydrogen-bond donors (Lipinski definition) is 2. The average Bonchev–Trinajstić information content (AvgIpc) is 2.35. The normalized spacial score (nSPS) is 10.2. The largest absolute Gasteiger partial charge is 0.496 e. The molecule has 0 aliphatic carbocycles. The summed E-state index contributed by atoms with van der Waals surface area (Å²) < 4.78 is 5.77. The number of halogens is 1. The number of methoxy groups -OCH3 is 1. The number of benzene rings is 1. The molecule has 0 atom stereocenters. The SMILES string of the molecule is COc1ccc(C(=O)NCC(=O)NC(C)C)cc1Br. The second-order valence-corrected chi connectivity index (χ2v) is 5.11. The molecule has 1 aromatic rings. The number of ether oxygens (including phenoxy) is 1. The molecule has 19 heavy (non-hydrogen) atoms. The minimum absolute atomic E-state index is 0.0410. The molecule has 0 heterocycles. The van der Waals surface area contributed by atoms with Crippen molar-refractivity contribution in [3.8, 4) is 5.75 Å². The molecule has 0 aromatic heterocycles. The van der Waals surface area contributed by atoms with E-state index >= 15 is 0 Å². The summed E-state index contributed by atoms with van der Waals surface area (Å²) in [6.45, 7) is 3.68. The number of carbonyl (C=O) groups is 2. The van der Waals surface area contributed by atoms with Crippen LogP contribution in [0.1, 0.15) is 24.2 Å². The highest BCUT2D eigenvalue weighted by atomic mass is 79.9. The van der Waals surface area contributed by atoms with Crippen molar-refractivity contribution in [1.29, 1.82) is 0 Å². The molecular weight excluding hydrogens is 312 g/mol. The fraction of sp³-hybridized carbons (Fsp3) is 0.385. The molecule has 1 rings (SSSR count). The van der Waals surface area contributed by atoms with E-state index < -0.39 is 0 Å². The van der Waals surface area contributed by atoms with Crippen molar-refractivity contribution in [1.82, 2.24) is 10.6 Å². The minimum Gasteiger partial charge on any atom is -0.496 e. The van der Waals surface area contributed by atoms with Crippen molar-refractivity contribution in [2.24, 2.45) is 0 Å². The average molecular weight is 329 g/mol. The summed E-state index contributed by atoms with van der Waals surface area (Å²) in [5.41, 5.74) is 0.463. The Labute approximate surface area is 120 Å². The molecule has 5 nitrogen and oxygen atoms in total. The van der Waals surface area contributed by atoms with Gasteiger partial charge in [-0.3, -0.25) is 9.59 Å². The zero-order valence-corrected chi connectivity index (χ0v) is 12.7. The van der Waals surface area contributed by atoms with Crippen LogP contribution in [0.3, 0.4) is 0 Å². The summed E-state index contributed by atoms with van der Waals surface area (Å²) in [5, 5.41) is 5.25. The van der Waals surface area contributed by atoms with Gasteiger partial charge in [0.1, 0.15) is 5.75 Å². The van der Waals surface area contributed by atoms with Crippen LogP contribution in [-0.2, 0) is 4.79 Å². The Morgan fingerprint density at radius 2 is 2.05 bits per heavy atom. The molecule has 0 spiro atoms. The third-order valence-electron chi connectivity index (χ3n) is 2.27. The first kappa shape index (κ1) is 15.5. The van der Waals surface area contributed by atoms with Crippen LogP contribution in [0.5, 0.6) is 5.75 Å².